The Bertz CT molecular complexity index is 1550. The molecule has 1 saturated carbocycles. The highest BCUT2D eigenvalue weighted by molar-refractivity contribution is 6.03. The van der Waals surface area contributed by atoms with Crippen LogP contribution in [0.15, 0.2) is 56.1 Å². The first-order chi connectivity index (χ1) is 17.8. The van der Waals surface area contributed by atoms with Gasteiger partial charge in [0.15, 0.2) is 0 Å². The summed E-state index contributed by atoms with van der Waals surface area (Å²) in [4.78, 5) is 27.9. The van der Waals surface area contributed by atoms with Crippen LogP contribution in [0.3, 0.4) is 0 Å². The zero-order valence-corrected chi connectivity index (χ0v) is 21.5. The van der Waals surface area contributed by atoms with Gasteiger partial charge in [-0.2, -0.15) is 0 Å². The zero-order chi connectivity index (χ0) is 25.7. The number of nitrogens with zero attached hydrogens (tertiary/aromatic N) is 1. The van der Waals surface area contributed by atoms with Crippen molar-refractivity contribution >= 4 is 27.8 Å². The van der Waals surface area contributed by atoms with Gasteiger partial charge in [-0.1, -0.05) is 43.2 Å². The Morgan fingerprint density at radius 1 is 1.05 bits per heavy atom. The highest BCUT2D eigenvalue weighted by Crippen LogP contribution is 2.40. The number of piperidine rings is 1. The van der Waals surface area contributed by atoms with E-state index >= 15 is 0 Å². The third kappa shape index (κ3) is 4.17. The Morgan fingerprint density at radius 3 is 2.65 bits per heavy atom. The summed E-state index contributed by atoms with van der Waals surface area (Å²) < 4.78 is 11.8. The van der Waals surface area contributed by atoms with Crippen molar-refractivity contribution in [1.29, 1.82) is 0 Å². The number of carbonyl (C=O) groups is 1. The fourth-order valence-corrected chi connectivity index (χ4v) is 6.54. The fourth-order valence-electron chi connectivity index (χ4n) is 6.54. The van der Waals surface area contributed by atoms with Gasteiger partial charge in [-0.3, -0.25) is 4.79 Å². The van der Waals surface area contributed by atoms with Crippen LogP contribution in [-0.2, 0) is 11.2 Å². The van der Waals surface area contributed by atoms with Gasteiger partial charge in [0.05, 0.1) is 5.60 Å². The summed E-state index contributed by atoms with van der Waals surface area (Å²) in [6, 6.07) is 14.0. The van der Waals surface area contributed by atoms with Crippen LogP contribution in [0.2, 0.25) is 0 Å². The van der Waals surface area contributed by atoms with Gasteiger partial charge in [-0.05, 0) is 56.7 Å². The summed E-state index contributed by atoms with van der Waals surface area (Å²) >= 11 is 0. The molecule has 2 fully saturated rings. The summed E-state index contributed by atoms with van der Waals surface area (Å²) in [5.41, 5.74) is 3.67. The van der Waals surface area contributed by atoms with Crippen molar-refractivity contribution in [2.75, 3.05) is 13.1 Å². The van der Waals surface area contributed by atoms with E-state index in [1.54, 1.807) is 6.07 Å². The van der Waals surface area contributed by atoms with Gasteiger partial charge >= 0.3 is 5.63 Å². The van der Waals surface area contributed by atoms with E-state index in [1.807, 2.05) is 43.0 Å². The molecule has 37 heavy (non-hydrogen) atoms. The van der Waals surface area contributed by atoms with Crippen molar-refractivity contribution in [2.24, 2.45) is 5.92 Å². The summed E-state index contributed by atoms with van der Waals surface area (Å²) in [7, 11) is 0. The van der Waals surface area contributed by atoms with E-state index in [-0.39, 0.29) is 18.2 Å². The number of aliphatic hydroxyl groups is 1. The minimum Gasteiger partial charge on any atom is -0.461 e. The Kier molecular flexibility index (Phi) is 5.95. The van der Waals surface area contributed by atoms with Crippen LogP contribution < -0.4 is 5.63 Å². The molecule has 2 aliphatic rings. The first kappa shape index (κ1) is 24.0. The number of hydrogen-bond donors (Lipinski definition) is 1. The molecule has 6 rings (SSSR count). The number of furan rings is 1. The summed E-state index contributed by atoms with van der Waals surface area (Å²) in [5, 5.41) is 12.8. The van der Waals surface area contributed by atoms with Crippen LogP contribution in [0.4, 0.5) is 0 Å². The maximum absolute atomic E-state index is 13.1. The molecular weight excluding hydrogens is 466 g/mol. The molecule has 192 valence electrons. The number of rotatable bonds is 4. The highest BCUT2D eigenvalue weighted by atomic mass is 16.4. The lowest BCUT2D eigenvalue weighted by Crippen LogP contribution is -2.54. The first-order valence-electron chi connectivity index (χ1n) is 13.4. The van der Waals surface area contributed by atoms with Crippen molar-refractivity contribution in [3.8, 4) is 11.1 Å². The normalized spacial score (nSPS) is 21.9. The minimum atomic E-state index is -0.611. The van der Waals surface area contributed by atoms with Crippen molar-refractivity contribution in [2.45, 2.75) is 64.4 Å². The van der Waals surface area contributed by atoms with E-state index in [4.69, 9.17) is 8.83 Å². The second-order valence-electron chi connectivity index (χ2n) is 10.9. The van der Waals surface area contributed by atoms with Crippen LogP contribution in [0.1, 0.15) is 55.4 Å². The summed E-state index contributed by atoms with van der Waals surface area (Å²) in [5.74, 6) is 1.01. The monoisotopic (exact) mass is 499 g/mol. The van der Waals surface area contributed by atoms with E-state index < -0.39 is 11.2 Å². The highest BCUT2D eigenvalue weighted by Gasteiger charge is 2.43. The SMILES string of the molecule is Cc1oc2cc3oc(=O)c(CCC(=O)N4CC[C@@]5(O)CCCC[C@H]5C4)c(C)c3cc2c1-c1ccccc1. The number of benzene rings is 2. The average molecular weight is 500 g/mol. The van der Waals surface area contributed by atoms with Gasteiger partial charge in [0, 0.05) is 53.4 Å². The molecule has 1 aliphatic heterocycles. The Labute approximate surface area is 215 Å². The molecule has 1 N–H and O–H groups in total. The van der Waals surface area contributed by atoms with Gasteiger partial charge in [0.25, 0.3) is 0 Å². The zero-order valence-electron chi connectivity index (χ0n) is 21.5. The lowest BCUT2D eigenvalue weighted by Gasteiger charge is -2.47. The maximum atomic E-state index is 13.1. The second-order valence-corrected chi connectivity index (χ2v) is 10.9. The number of aryl methyl sites for hydroxylation is 2. The van der Waals surface area contributed by atoms with Crippen LogP contribution in [0.25, 0.3) is 33.1 Å². The fraction of sp³-hybridized carbons (Fsp3) is 0.419. The molecule has 2 aromatic carbocycles. The van der Waals surface area contributed by atoms with Crippen molar-refractivity contribution in [3.63, 3.8) is 0 Å². The number of carbonyl (C=O) groups excluding carboxylic acids is 1. The Morgan fingerprint density at radius 2 is 1.84 bits per heavy atom. The lowest BCUT2D eigenvalue weighted by molar-refractivity contribution is -0.143. The van der Waals surface area contributed by atoms with Crippen molar-refractivity contribution < 1.29 is 18.7 Å². The number of likely N-dealkylation sites (tertiary alicyclic amines) is 1. The van der Waals surface area contributed by atoms with Crippen LogP contribution in [0, 0.1) is 19.8 Å². The minimum absolute atomic E-state index is 0.0406. The molecule has 1 amide bonds. The van der Waals surface area contributed by atoms with Gasteiger partial charge in [0.2, 0.25) is 5.91 Å². The quantitative estimate of drug-likeness (QED) is 0.353. The molecule has 6 nitrogen and oxygen atoms in total. The first-order valence-corrected chi connectivity index (χ1v) is 13.4. The van der Waals surface area contributed by atoms with Crippen LogP contribution >= 0.6 is 0 Å². The second kappa shape index (κ2) is 9.18. The summed E-state index contributed by atoms with van der Waals surface area (Å²) in [6.45, 7) is 5.07. The molecule has 6 heteroatoms. The van der Waals surface area contributed by atoms with Crippen molar-refractivity contribution in [1.82, 2.24) is 4.90 Å². The van der Waals surface area contributed by atoms with Gasteiger partial charge in [-0.15, -0.1) is 0 Å². The van der Waals surface area contributed by atoms with Gasteiger partial charge < -0.3 is 18.8 Å². The number of hydrogen-bond acceptors (Lipinski definition) is 5. The molecular formula is C31H33NO5. The Balaban J connectivity index is 1.28. The molecule has 0 spiro atoms. The molecule has 1 aliphatic carbocycles. The standard InChI is InChI=1S/C31H33NO5/c1-19-23(11-12-28(33)32-15-14-31(35)13-7-6-10-22(31)18-32)30(34)37-26-17-27-25(16-24(19)26)29(20(2)36-27)21-8-4-3-5-9-21/h3-5,8-9,16-17,22,35H,6-7,10-15,18H2,1-2H3/t22-,31-/m0/s1. The molecule has 3 heterocycles. The molecule has 2 aromatic heterocycles. The van der Waals surface area contributed by atoms with Gasteiger partial charge in [0.1, 0.15) is 16.9 Å². The largest absolute Gasteiger partial charge is 0.461 e. The van der Waals surface area contributed by atoms with E-state index in [0.29, 0.717) is 42.7 Å². The molecule has 4 aromatic rings. The lowest BCUT2D eigenvalue weighted by atomic mass is 9.71. The van der Waals surface area contributed by atoms with E-state index in [0.717, 1.165) is 58.9 Å². The number of amides is 1. The molecule has 2 atom stereocenters. The molecule has 0 bridgehead atoms. The third-order valence-electron chi connectivity index (χ3n) is 8.70. The maximum Gasteiger partial charge on any atom is 0.339 e. The van der Waals surface area contributed by atoms with Crippen LogP contribution in [0.5, 0.6) is 0 Å². The Hall–Kier alpha value is -3.38. The van der Waals surface area contributed by atoms with Crippen LogP contribution in [-0.4, -0.2) is 34.6 Å². The topological polar surface area (TPSA) is 83.9 Å². The smallest absolute Gasteiger partial charge is 0.339 e. The van der Waals surface area contributed by atoms with Gasteiger partial charge in [-0.25, -0.2) is 4.79 Å². The van der Waals surface area contributed by atoms with E-state index in [1.165, 1.54) is 0 Å². The third-order valence-corrected chi connectivity index (χ3v) is 8.70. The van der Waals surface area contributed by atoms with Crippen molar-refractivity contribution in [3.05, 3.63) is 69.8 Å². The predicted molar refractivity (Wildman–Crippen MR) is 144 cm³/mol. The van der Waals surface area contributed by atoms with E-state index in [2.05, 4.69) is 12.1 Å². The summed E-state index contributed by atoms with van der Waals surface area (Å²) in [6.07, 6.45) is 5.22. The average Bonchev–Trinajstić information content (AvgIpc) is 3.21. The molecule has 0 radical (unpaired) electrons. The van der Waals surface area contributed by atoms with E-state index in [9.17, 15) is 14.7 Å². The number of fused-ring (bicyclic) bond motifs is 3. The predicted octanol–water partition coefficient (Wildman–Crippen LogP) is 5.91. The molecule has 1 saturated heterocycles. The molecule has 0 unspecified atom stereocenters.